The van der Waals surface area contributed by atoms with E-state index >= 15 is 0 Å². The first-order chi connectivity index (χ1) is 9.53. The van der Waals surface area contributed by atoms with Gasteiger partial charge in [-0.1, -0.05) is 13.8 Å². The lowest BCUT2D eigenvalue weighted by Gasteiger charge is -2.46. The van der Waals surface area contributed by atoms with Crippen molar-refractivity contribution in [3.05, 3.63) is 0 Å². The molecule has 114 valence electrons. The lowest BCUT2D eigenvalue weighted by atomic mass is 9.72. The lowest BCUT2D eigenvalue weighted by Crippen LogP contribution is -2.61. The molecule has 1 amide bonds. The third-order valence-corrected chi connectivity index (χ3v) is 5.44. The molecule has 3 rings (SSSR count). The molecule has 1 aliphatic carbocycles. The van der Waals surface area contributed by atoms with Crippen LogP contribution in [0.25, 0.3) is 0 Å². The van der Waals surface area contributed by atoms with E-state index in [1.165, 1.54) is 0 Å². The second kappa shape index (κ2) is 5.30. The summed E-state index contributed by atoms with van der Waals surface area (Å²) in [5.41, 5.74) is 0.248. The van der Waals surface area contributed by atoms with E-state index in [-0.39, 0.29) is 11.5 Å². The van der Waals surface area contributed by atoms with Gasteiger partial charge >= 0.3 is 0 Å². The van der Waals surface area contributed by atoms with Gasteiger partial charge in [0.2, 0.25) is 5.91 Å². The fourth-order valence-corrected chi connectivity index (χ4v) is 3.87. The SMILES string of the molecule is CC1(C)CCC(C(=O)N2CCOCC23CCOC3)CC1. The summed E-state index contributed by atoms with van der Waals surface area (Å²) in [6.07, 6.45) is 5.34. The molecule has 0 aromatic rings. The molecule has 1 atom stereocenters. The largest absolute Gasteiger partial charge is 0.379 e. The number of carbonyl (C=O) groups is 1. The van der Waals surface area contributed by atoms with E-state index in [1.807, 2.05) is 0 Å². The van der Waals surface area contributed by atoms with E-state index in [2.05, 4.69) is 18.7 Å². The minimum Gasteiger partial charge on any atom is -0.379 e. The summed E-state index contributed by atoms with van der Waals surface area (Å²) >= 11 is 0. The summed E-state index contributed by atoms with van der Waals surface area (Å²) in [4.78, 5) is 15.0. The number of carbonyl (C=O) groups excluding carboxylic acids is 1. The van der Waals surface area contributed by atoms with Gasteiger partial charge in [0.1, 0.15) is 0 Å². The zero-order valence-corrected chi connectivity index (χ0v) is 12.8. The molecule has 0 N–H and O–H groups in total. The Balaban J connectivity index is 1.69. The van der Waals surface area contributed by atoms with Gasteiger partial charge < -0.3 is 14.4 Å². The summed E-state index contributed by atoms with van der Waals surface area (Å²) in [6.45, 7) is 8.09. The van der Waals surface area contributed by atoms with Gasteiger partial charge in [-0.05, 0) is 37.5 Å². The molecule has 4 heteroatoms. The molecular formula is C16H27NO3. The first kappa shape index (κ1) is 14.3. The minimum atomic E-state index is -0.164. The van der Waals surface area contributed by atoms with Crippen LogP contribution >= 0.6 is 0 Å². The maximum atomic E-state index is 12.9. The topological polar surface area (TPSA) is 38.8 Å². The predicted octanol–water partition coefficient (Wildman–Crippen LogP) is 2.22. The number of amides is 1. The zero-order chi connectivity index (χ0) is 14.2. The van der Waals surface area contributed by atoms with Crippen molar-refractivity contribution in [2.45, 2.75) is 51.5 Å². The lowest BCUT2D eigenvalue weighted by molar-refractivity contribution is -0.155. The summed E-state index contributed by atoms with van der Waals surface area (Å²) in [5.74, 6) is 0.577. The van der Waals surface area contributed by atoms with Crippen LogP contribution in [0.1, 0.15) is 46.0 Å². The van der Waals surface area contributed by atoms with Crippen molar-refractivity contribution in [1.82, 2.24) is 4.90 Å². The summed E-state index contributed by atoms with van der Waals surface area (Å²) < 4.78 is 11.2. The van der Waals surface area contributed by atoms with Crippen LogP contribution < -0.4 is 0 Å². The van der Waals surface area contributed by atoms with Crippen LogP contribution in [0.15, 0.2) is 0 Å². The zero-order valence-electron chi connectivity index (χ0n) is 12.8. The van der Waals surface area contributed by atoms with E-state index in [4.69, 9.17) is 9.47 Å². The standard InChI is InChI=1S/C16H27NO3/c1-15(2)5-3-13(4-6-15)14(18)17-8-10-20-12-16(17)7-9-19-11-16/h13H,3-12H2,1-2H3. The molecule has 1 saturated carbocycles. The molecule has 0 bridgehead atoms. The highest BCUT2D eigenvalue weighted by Gasteiger charge is 2.47. The van der Waals surface area contributed by atoms with Crippen LogP contribution in [0.3, 0.4) is 0 Å². The van der Waals surface area contributed by atoms with Crippen molar-refractivity contribution in [3.63, 3.8) is 0 Å². The molecule has 0 aromatic carbocycles. The maximum Gasteiger partial charge on any atom is 0.226 e. The van der Waals surface area contributed by atoms with Gasteiger partial charge in [-0.15, -0.1) is 0 Å². The fraction of sp³-hybridized carbons (Fsp3) is 0.938. The van der Waals surface area contributed by atoms with Crippen LogP contribution in [0, 0.1) is 11.3 Å². The van der Waals surface area contributed by atoms with Crippen molar-refractivity contribution in [3.8, 4) is 0 Å². The Morgan fingerprint density at radius 1 is 1.05 bits per heavy atom. The molecule has 2 saturated heterocycles. The van der Waals surface area contributed by atoms with Crippen molar-refractivity contribution < 1.29 is 14.3 Å². The van der Waals surface area contributed by atoms with Crippen LogP contribution in [-0.2, 0) is 14.3 Å². The van der Waals surface area contributed by atoms with Crippen molar-refractivity contribution in [1.29, 1.82) is 0 Å². The predicted molar refractivity (Wildman–Crippen MR) is 76.4 cm³/mol. The average molecular weight is 281 g/mol. The monoisotopic (exact) mass is 281 g/mol. The Morgan fingerprint density at radius 3 is 2.35 bits per heavy atom. The Hall–Kier alpha value is -0.610. The number of nitrogens with zero attached hydrogens (tertiary/aromatic N) is 1. The highest BCUT2D eigenvalue weighted by Crippen LogP contribution is 2.40. The second-order valence-corrected chi connectivity index (χ2v) is 7.51. The summed E-state index contributed by atoms with van der Waals surface area (Å²) in [7, 11) is 0. The molecule has 2 aliphatic heterocycles. The number of ether oxygens (including phenoxy) is 2. The quantitative estimate of drug-likeness (QED) is 0.740. The Kier molecular flexibility index (Phi) is 3.80. The minimum absolute atomic E-state index is 0.164. The van der Waals surface area contributed by atoms with Gasteiger partial charge in [-0.25, -0.2) is 0 Å². The van der Waals surface area contributed by atoms with Crippen molar-refractivity contribution in [2.75, 3.05) is 33.0 Å². The Labute approximate surface area is 121 Å². The molecule has 4 nitrogen and oxygen atoms in total. The smallest absolute Gasteiger partial charge is 0.226 e. The van der Waals surface area contributed by atoms with Gasteiger partial charge in [-0.3, -0.25) is 4.79 Å². The molecule has 1 unspecified atom stereocenters. The van der Waals surface area contributed by atoms with Gasteiger partial charge in [0, 0.05) is 19.1 Å². The fourth-order valence-electron chi connectivity index (χ4n) is 3.87. The third kappa shape index (κ3) is 2.60. The first-order valence-electron chi connectivity index (χ1n) is 8.00. The molecule has 0 aromatic heterocycles. The Morgan fingerprint density at radius 2 is 1.70 bits per heavy atom. The molecule has 2 heterocycles. The van der Waals surface area contributed by atoms with Gasteiger partial charge in [0.25, 0.3) is 0 Å². The number of rotatable bonds is 1. The van der Waals surface area contributed by atoms with Crippen LogP contribution in [0.4, 0.5) is 0 Å². The molecule has 3 fully saturated rings. The van der Waals surface area contributed by atoms with Crippen molar-refractivity contribution >= 4 is 5.91 Å². The normalized spacial score (nSPS) is 34.6. The van der Waals surface area contributed by atoms with E-state index < -0.39 is 0 Å². The van der Waals surface area contributed by atoms with Crippen molar-refractivity contribution in [2.24, 2.45) is 11.3 Å². The van der Waals surface area contributed by atoms with E-state index in [0.29, 0.717) is 31.1 Å². The number of hydrogen-bond acceptors (Lipinski definition) is 3. The average Bonchev–Trinajstić information content (AvgIpc) is 2.87. The molecule has 3 aliphatic rings. The molecular weight excluding hydrogens is 254 g/mol. The van der Waals surface area contributed by atoms with Crippen LogP contribution in [0.2, 0.25) is 0 Å². The maximum absolute atomic E-state index is 12.9. The first-order valence-corrected chi connectivity index (χ1v) is 8.00. The van der Waals surface area contributed by atoms with Gasteiger partial charge in [-0.2, -0.15) is 0 Å². The number of hydrogen-bond donors (Lipinski definition) is 0. The van der Waals surface area contributed by atoms with E-state index in [9.17, 15) is 4.79 Å². The number of morpholine rings is 1. The molecule has 1 spiro atoms. The van der Waals surface area contributed by atoms with Crippen LogP contribution in [0.5, 0.6) is 0 Å². The highest BCUT2D eigenvalue weighted by atomic mass is 16.5. The van der Waals surface area contributed by atoms with Crippen LogP contribution in [-0.4, -0.2) is 49.3 Å². The highest BCUT2D eigenvalue weighted by molar-refractivity contribution is 5.80. The summed E-state index contributed by atoms with van der Waals surface area (Å²) in [5, 5.41) is 0. The second-order valence-electron chi connectivity index (χ2n) is 7.51. The third-order valence-electron chi connectivity index (χ3n) is 5.44. The molecule has 0 radical (unpaired) electrons. The van der Waals surface area contributed by atoms with E-state index in [0.717, 1.165) is 45.3 Å². The Bertz CT molecular complexity index is 364. The van der Waals surface area contributed by atoms with Gasteiger partial charge in [0.05, 0.1) is 25.4 Å². The van der Waals surface area contributed by atoms with E-state index in [1.54, 1.807) is 0 Å². The molecule has 20 heavy (non-hydrogen) atoms. The van der Waals surface area contributed by atoms with Gasteiger partial charge in [0.15, 0.2) is 0 Å². The summed E-state index contributed by atoms with van der Waals surface area (Å²) in [6, 6.07) is 0.